The molecule has 4 bridgehead atoms. The lowest BCUT2D eigenvalue weighted by molar-refractivity contribution is -0.134. The highest BCUT2D eigenvalue weighted by Crippen LogP contribution is 2.54. The van der Waals surface area contributed by atoms with Gasteiger partial charge in [-0.05, 0) is 103 Å². The van der Waals surface area contributed by atoms with Gasteiger partial charge in [-0.1, -0.05) is 12.1 Å². The third-order valence-electron chi connectivity index (χ3n) is 7.62. The molecule has 28 heavy (non-hydrogen) atoms. The van der Waals surface area contributed by atoms with Gasteiger partial charge in [-0.15, -0.1) is 0 Å². The normalized spacial score (nSPS) is 35.4. The standard InChI is InChI=1S/C21H27BrN2O3S/c22-17-4-1-2-5-18(17)28(26,27)24-21(6-3-7-21)20(25)23-19-15-9-13-8-14(11-15)12-16(19)10-13/h1-2,4-5,13-16,19,24H,3,6-12H2,(H,23,25). The molecule has 5 aliphatic rings. The Morgan fingerprint density at radius 2 is 1.61 bits per heavy atom. The fourth-order valence-corrected chi connectivity index (χ4v) is 8.76. The van der Waals surface area contributed by atoms with Gasteiger partial charge in [-0.2, -0.15) is 4.72 Å². The number of hydrogen-bond donors (Lipinski definition) is 2. The Balaban J connectivity index is 1.34. The van der Waals surface area contributed by atoms with Crippen LogP contribution in [0.15, 0.2) is 33.6 Å². The van der Waals surface area contributed by atoms with E-state index >= 15 is 0 Å². The maximum Gasteiger partial charge on any atom is 0.242 e. The molecule has 5 nitrogen and oxygen atoms in total. The van der Waals surface area contributed by atoms with Gasteiger partial charge in [0, 0.05) is 10.5 Å². The highest BCUT2D eigenvalue weighted by Gasteiger charge is 2.52. The number of hydrogen-bond acceptors (Lipinski definition) is 3. The molecule has 0 aliphatic heterocycles. The Bertz CT molecular complexity index is 869. The van der Waals surface area contributed by atoms with Crippen molar-refractivity contribution in [2.24, 2.45) is 23.7 Å². The summed E-state index contributed by atoms with van der Waals surface area (Å²) in [6.45, 7) is 0. The number of carbonyl (C=O) groups is 1. The van der Waals surface area contributed by atoms with Gasteiger partial charge in [0.05, 0.1) is 4.90 Å². The van der Waals surface area contributed by atoms with Gasteiger partial charge in [-0.3, -0.25) is 4.79 Å². The van der Waals surface area contributed by atoms with Gasteiger partial charge in [0.2, 0.25) is 15.9 Å². The molecule has 0 atom stereocenters. The molecule has 5 aliphatic carbocycles. The molecule has 0 unspecified atom stereocenters. The SMILES string of the molecule is O=C(NC1C2CC3CC(C2)CC1C3)C1(NS(=O)(=O)c2ccccc2Br)CCC1. The monoisotopic (exact) mass is 466 g/mol. The molecule has 0 saturated heterocycles. The van der Waals surface area contributed by atoms with Crippen molar-refractivity contribution in [3.8, 4) is 0 Å². The minimum atomic E-state index is -3.77. The molecule has 0 spiro atoms. The Hall–Kier alpha value is -0.920. The summed E-state index contributed by atoms with van der Waals surface area (Å²) in [5.41, 5.74) is -0.997. The Morgan fingerprint density at radius 3 is 2.14 bits per heavy atom. The van der Waals surface area contributed by atoms with Crippen LogP contribution in [-0.2, 0) is 14.8 Å². The summed E-state index contributed by atoms with van der Waals surface area (Å²) in [5.74, 6) is 2.74. The first-order valence-corrected chi connectivity index (χ1v) is 12.7. The van der Waals surface area contributed by atoms with Crippen molar-refractivity contribution >= 4 is 31.9 Å². The van der Waals surface area contributed by atoms with Crippen molar-refractivity contribution in [2.75, 3.05) is 0 Å². The summed E-state index contributed by atoms with van der Waals surface area (Å²) in [7, 11) is -3.77. The summed E-state index contributed by atoms with van der Waals surface area (Å²) < 4.78 is 29.2. The van der Waals surface area contributed by atoms with E-state index in [1.54, 1.807) is 24.3 Å². The molecule has 6 rings (SSSR count). The molecule has 2 N–H and O–H groups in total. The van der Waals surface area contributed by atoms with Crippen LogP contribution in [0.1, 0.15) is 51.4 Å². The molecular weight excluding hydrogens is 440 g/mol. The first kappa shape index (κ1) is 19.1. The van der Waals surface area contributed by atoms with E-state index in [1.807, 2.05) is 0 Å². The van der Waals surface area contributed by atoms with Crippen molar-refractivity contribution in [1.29, 1.82) is 0 Å². The van der Waals surface area contributed by atoms with Crippen LogP contribution in [0.2, 0.25) is 0 Å². The van der Waals surface area contributed by atoms with Crippen molar-refractivity contribution in [1.82, 2.24) is 10.0 Å². The number of sulfonamides is 1. The van der Waals surface area contributed by atoms with Crippen LogP contribution >= 0.6 is 15.9 Å². The van der Waals surface area contributed by atoms with Crippen molar-refractivity contribution in [3.05, 3.63) is 28.7 Å². The lowest BCUT2D eigenvalue weighted by Crippen LogP contribution is -2.66. The molecule has 5 saturated carbocycles. The lowest BCUT2D eigenvalue weighted by Gasteiger charge is -2.55. The molecular formula is C21H27BrN2O3S. The Labute approximate surface area is 175 Å². The number of carbonyl (C=O) groups excluding carboxylic acids is 1. The second-order valence-electron chi connectivity index (χ2n) is 9.40. The zero-order valence-electron chi connectivity index (χ0n) is 15.9. The van der Waals surface area contributed by atoms with E-state index in [2.05, 4.69) is 26.0 Å². The molecule has 5 fully saturated rings. The maximum absolute atomic E-state index is 13.3. The Morgan fingerprint density at radius 1 is 1.00 bits per heavy atom. The average molecular weight is 467 g/mol. The fourth-order valence-electron chi connectivity index (χ4n) is 6.33. The summed E-state index contributed by atoms with van der Waals surface area (Å²) in [5, 5.41) is 3.32. The summed E-state index contributed by atoms with van der Waals surface area (Å²) in [4.78, 5) is 13.5. The van der Waals surface area contributed by atoms with Gasteiger partial charge in [0.25, 0.3) is 0 Å². The van der Waals surface area contributed by atoms with Crippen LogP contribution in [-0.4, -0.2) is 25.9 Å². The number of halogens is 1. The molecule has 0 radical (unpaired) electrons. The zero-order valence-corrected chi connectivity index (χ0v) is 18.3. The van der Waals surface area contributed by atoms with Crippen molar-refractivity contribution in [2.45, 2.75) is 67.8 Å². The van der Waals surface area contributed by atoms with Crippen LogP contribution in [0.25, 0.3) is 0 Å². The topological polar surface area (TPSA) is 75.3 Å². The van der Waals surface area contributed by atoms with Crippen molar-refractivity contribution in [3.63, 3.8) is 0 Å². The van der Waals surface area contributed by atoms with Gasteiger partial charge in [-0.25, -0.2) is 8.42 Å². The number of rotatable bonds is 5. The van der Waals surface area contributed by atoms with Gasteiger partial charge in [0.15, 0.2) is 0 Å². The summed E-state index contributed by atoms with van der Waals surface area (Å²) in [6, 6.07) is 6.97. The summed E-state index contributed by atoms with van der Waals surface area (Å²) >= 11 is 3.32. The zero-order chi connectivity index (χ0) is 19.5. The number of nitrogens with one attached hydrogen (secondary N) is 2. The fraction of sp³-hybridized carbons (Fsp3) is 0.667. The number of amides is 1. The van der Waals surface area contributed by atoms with Crippen LogP contribution in [0.3, 0.4) is 0 Å². The van der Waals surface area contributed by atoms with E-state index in [-0.39, 0.29) is 16.8 Å². The third-order valence-corrected chi connectivity index (χ3v) is 10.2. The van der Waals surface area contributed by atoms with Crippen LogP contribution < -0.4 is 10.0 Å². The van der Waals surface area contributed by atoms with E-state index < -0.39 is 15.6 Å². The van der Waals surface area contributed by atoms with Crippen LogP contribution in [0.4, 0.5) is 0 Å². The molecule has 0 aromatic heterocycles. The molecule has 1 aromatic carbocycles. The van der Waals surface area contributed by atoms with E-state index in [4.69, 9.17) is 0 Å². The molecule has 152 valence electrons. The van der Waals surface area contributed by atoms with Gasteiger partial charge < -0.3 is 5.32 Å². The maximum atomic E-state index is 13.3. The molecule has 7 heteroatoms. The highest BCUT2D eigenvalue weighted by molar-refractivity contribution is 9.10. The Kier molecular flexibility index (Phi) is 4.64. The smallest absolute Gasteiger partial charge is 0.242 e. The molecule has 1 aromatic rings. The van der Waals surface area contributed by atoms with E-state index in [0.717, 1.165) is 18.3 Å². The van der Waals surface area contributed by atoms with E-state index in [0.29, 0.717) is 29.2 Å². The van der Waals surface area contributed by atoms with E-state index in [1.165, 1.54) is 32.1 Å². The first-order chi connectivity index (χ1) is 13.4. The largest absolute Gasteiger partial charge is 0.351 e. The highest BCUT2D eigenvalue weighted by atomic mass is 79.9. The number of benzene rings is 1. The summed E-state index contributed by atoms with van der Waals surface area (Å²) in [6.07, 6.45) is 8.30. The van der Waals surface area contributed by atoms with Gasteiger partial charge in [0.1, 0.15) is 5.54 Å². The third kappa shape index (κ3) is 3.14. The molecule has 0 heterocycles. The minimum Gasteiger partial charge on any atom is -0.351 e. The van der Waals surface area contributed by atoms with Crippen molar-refractivity contribution < 1.29 is 13.2 Å². The average Bonchev–Trinajstić information content (AvgIpc) is 2.60. The predicted octanol–water partition coefficient (Wildman–Crippen LogP) is 3.59. The quantitative estimate of drug-likeness (QED) is 0.695. The van der Waals surface area contributed by atoms with E-state index in [9.17, 15) is 13.2 Å². The van der Waals surface area contributed by atoms with Gasteiger partial charge >= 0.3 is 0 Å². The second-order valence-corrected chi connectivity index (χ2v) is 11.9. The predicted molar refractivity (Wildman–Crippen MR) is 110 cm³/mol. The van der Waals surface area contributed by atoms with Crippen LogP contribution in [0, 0.1) is 23.7 Å². The lowest BCUT2D eigenvalue weighted by atomic mass is 9.54. The first-order valence-electron chi connectivity index (χ1n) is 10.5. The van der Waals surface area contributed by atoms with Crippen LogP contribution in [0.5, 0.6) is 0 Å². The second kappa shape index (κ2) is 6.81. The molecule has 1 amide bonds. The minimum absolute atomic E-state index is 0.119.